The summed E-state index contributed by atoms with van der Waals surface area (Å²) in [6.45, 7) is 3.63. The summed E-state index contributed by atoms with van der Waals surface area (Å²) in [6.07, 6.45) is 0. The number of anilines is 2. The van der Waals surface area contributed by atoms with Gasteiger partial charge in [-0.3, -0.25) is 0 Å². The average Bonchev–Trinajstić information content (AvgIpc) is 2.81. The second-order valence-electron chi connectivity index (χ2n) is 6.73. The second kappa shape index (κ2) is 13.1. The first-order valence-electron chi connectivity index (χ1n) is 10.2. The maximum absolute atomic E-state index is 6.01. The van der Waals surface area contributed by atoms with Crippen molar-refractivity contribution in [1.29, 1.82) is 0 Å². The molecule has 32 heavy (non-hydrogen) atoms. The van der Waals surface area contributed by atoms with Crippen LogP contribution < -0.4 is 16.4 Å². The molecule has 3 rings (SSSR count). The third-order valence-electron chi connectivity index (χ3n) is 4.27. The van der Waals surface area contributed by atoms with Crippen molar-refractivity contribution >= 4 is 35.1 Å². The van der Waals surface area contributed by atoms with E-state index in [-0.39, 0.29) is 0 Å². The van der Waals surface area contributed by atoms with E-state index in [4.69, 9.17) is 38.4 Å². The van der Waals surface area contributed by atoms with Gasteiger partial charge in [0, 0.05) is 35.2 Å². The molecule has 8 nitrogen and oxygen atoms in total. The van der Waals surface area contributed by atoms with Gasteiger partial charge in [0.2, 0.25) is 11.9 Å². The molecule has 0 radical (unpaired) electrons. The molecular formula is C22H26Cl2N6O2. The lowest BCUT2D eigenvalue weighted by molar-refractivity contribution is 0.0547. The van der Waals surface area contributed by atoms with E-state index in [1.54, 1.807) is 12.1 Å². The molecular weight excluding hydrogens is 451 g/mol. The molecule has 4 N–H and O–H groups in total. The van der Waals surface area contributed by atoms with E-state index in [1.807, 2.05) is 36.4 Å². The van der Waals surface area contributed by atoms with Crippen molar-refractivity contribution in [2.75, 3.05) is 50.2 Å². The minimum atomic E-state index is 0.450. The van der Waals surface area contributed by atoms with Crippen LogP contribution in [0.4, 0.5) is 11.9 Å². The van der Waals surface area contributed by atoms with Crippen molar-refractivity contribution in [3.8, 4) is 11.4 Å². The lowest BCUT2D eigenvalue weighted by Gasteiger charge is -2.11. The Kier molecular flexibility index (Phi) is 9.93. The van der Waals surface area contributed by atoms with E-state index in [1.165, 1.54) is 0 Å². The molecule has 3 aromatic rings. The van der Waals surface area contributed by atoms with Gasteiger partial charge in [0.1, 0.15) is 0 Å². The van der Waals surface area contributed by atoms with Gasteiger partial charge < -0.3 is 25.8 Å². The molecule has 0 aliphatic carbocycles. The third-order valence-corrected chi connectivity index (χ3v) is 4.77. The number of nitrogens with two attached hydrogens (primary N) is 1. The van der Waals surface area contributed by atoms with Crippen LogP contribution in [0.5, 0.6) is 0 Å². The van der Waals surface area contributed by atoms with E-state index < -0.39 is 0 Å². The molecule has 0 spiro atoms. The standard InChI is InChI=1S/C22H26Cl2N6O2/c23-18-5-1-16(2-6-18)15-27-22-29-20(17-3-7-19(24)8-4-17)28-21(30-22)26-10-12-32-14-13-31-11-9-25/h1-8H,9-15,25H2,(H2,26,27,28,29,30). The van der Waals surface area contributed by atoms with E-state index in [9.17, 15) is 0 Å². The monoisotopic (exact) mass is 476 g/mol. The van der Waals surface area contributed by atoms with Gasteiger partial charge in [-0.05, 0) is 42.0 Å². The smallest absolute Gasteiger partial charge is 0.228 e. The maximum atomic E-state index is 6.01. The minimum absolute atomic E-state index is 0.450. The van der Waals surface area contributed by atoms with Crippen LogP contribution in [0.1, 0.15) is 5.56 Å². The number of nitrogens with one attached hydrogen (secondary N) is 2. The molecule has 1 aromatic heterocycles. The van der Waals surface area contributed by atoms with Crippen molar-refractivity contribution in [3.63, 3.8) is 0 Å². The largest absolute Gasteiger partial charge is 0.378 e. The fraction of sp³-hybridized carbons (Fsp3) is 0.318. The zero-order chi connectivity index (χ0) is 22.6. The number of hydrogen-bond donors (Lipinski definition) is 3. The zero-order valence-electron chi connectivity index (χ0n) is 17.6. The van der Waals surface area contributed by atoms with Crippen LogP contribution in [-0.2, 0) is 16.0 Å². The Hall–Kier alpha value is -2.49. The molecule has 170 valence electrons. The van der Waals surface area contributed by atoms with Gasteiger partial charge >= 0.3 is 0 Å². The molecule has 1 heterocycles. The number of benzene rings is 2. The fourth-order valence-electron chi connectivity index (χ4n) is 2.69. The Morgan fingerprint density at radius 2 is 1.31 bits per heavy atom. The van der Waals surface area contributed by atoms with Crippen LogP contribution in [0, 0.1) is 0 Å². The Balaban J connectivity index is 1.63. The predicted molar refractivity (Wildman–Crippen MR) is 128 cm³/mol. The van der Waals surface area contributed by atoms with Crippen LogP contribution in [0.2, 0.25) is 10.0 Å². The third kappa shape index (κ3) is 8.22. The van der Waals surface area contributed by atoms with Crippen molar-refractivity contribution in [2.24, 2.45) is 5.73 Å². The van der Waals surface area contributed by atoms with Crippen LogP contribution in [0.3, 0.4) is 0 Å². The van der Waals surface area contributed by atoms with Crippen molar-refractivity contribution in [2.45, 2.75) is 6.54 Å². The van der Waals surface area contributed by atoms with E-state index in [0.717, 1.165) is 11.1 Å². The zero-order valence-corrected chi connectivity index (χ0v) is 19.1. The summed E-state index contributed by atoms with van der Waals surface area (Å²) in [5, 5.41) is 7.77. The second-order valence-corrected chi connectivity index (χ2v) is 7.61. The Bertz CT molecular complexity index is 958. The highest BCUT2D eigenvalue weighted by Gasteiger charge is 2.09. The van der Waals surface area contributed by atoms with Crippen LogP contribution in [0.25, 0.3) is 11.4 Å². The maximum Gasteiger partial charge on any atom is 0.228 e. The molecule has 0 fully saturated rings. The number of ether oxygens (including phenoxy) is 2. The normalized spacial score (nSPS) is 10.8. The molecule has 10 heteroatoms. The highest BCUT2D eigenvalue weighted by Crippen LogP contribution is 2.20. The lowest BCUT2D eigenvalue weighted by atomic mass is 10.2. The van der Waals surface area contributed by atoms with Crippen LogP contribution in [0.15, 0.2) is 48.5 Å². The Morgan fingerprint density at radius 1 is 0.719 bits per heavy atom. The molecule has 0 aliphatic rings. The number of aromatic nitrogens is 3. The molecule has 0 bridgehead atoms. The van der Waals surface area contributed by atoms with E-state index >= 15 is 0 Å². The van der Waals surface area contributed by atoms with Gasteiger partial charge in [0.25, 0.3) is 0 Å². The van der Waals surface area contributed by atoms with Gasteiger partial charge in [-0.2, -0.15) is 15.0 Å². The fourth-order valence-corrected chi connectivity index (χ4v) is 2.94. The van der Waals surface area contributed by atoms with Gasteiger partial charge in [-0.25, -0.2) is 0 Å². The molecule has 0 atom stereocenters. The van der Waals surface area contributed by atoms with Gasteiger partial charge in [0.15, 0.2) is 5.82 Å². The van der Waals surface area contributed by atoms with Gasteiger partial charge in [0.05, 0.1) is 26.4 Å². The summed E-state index contributed by atoms with van der Waals surface area (Å²) in [6, 6.07) is 14.9. The van der Waals surface area contributed by atoms with Gasteiger partial charge in [-0.15, -0.1) is 0 Å². The van der Waals surface area contributed by atoms with E-state index in [2.05, 4.69) is 25.6 Å². The molecule has 0 aliphatic heterocycles. The predicted octanol–water partition coefficient (Wildman–Crippen LogP) is 3.86. The Morgan fingerprint density at radius 3 is 1.97 bits per heavy atom. The summed E-state index contributed by atoms with van der Waals surface area (Å²) in [5.74, 6) is 1.44. The summed E-state index contributed by atoms with van der Waals surface area (Å²) >= 11 is 12.0. The summed E-state index contributed by atoms with van der Waals surface area (Å²) in [7, 11) is 0. The molecule has 0 saturated carbocycles. The van der Waals surface area contributed by atoms with E-state index in [0.29, 0.717) is 73.8 Å². The number of hydrogen-bond acceptors (Lipinski definition) is 8. The quantitative estimate of drug-likeness (QED) is 0.319. The van der Waals surface area contributed by atoms with Gasteiger partial charge in [-0.1, -0.05) is 35.3 Å². The average molecular weight is 477 g/mol. The van der Waals surface area contributed by atoms with Crippen LogP contribution in [-0.4, -0.2) is 54.5 Å². The number of nitrogens with zero attached hydrogens (tertiary/aromatic N) is 3. The minimum Gasteiger partial charge on any atom is -0.378 e. The highest BCUT2D eigenvalue weighted by molar-refractivity contribution is 6.30. The Labute approximate surface area is 197 Å². The van der Waals surface area contributed by atoms with Crippen LogP contribution >= 0.6 is 23.2 Å². The van der Waals surface area contributed by atoms with Crippen molar-refractivity contribution in [1.82, 2.24) is 15.0 Å². The highest BCUT2D eigenvalue weighted by atomic mass is 35.5. The molecule has 2 aromatic carbocycles. The SMILES string of the molecule is NCCOCCOCCNc1nc(NCc2ccc(Cl)cc2)nc(-c2ccc(Cl)cc2)n1. The number of rotatable bonds is 13. The first-order chi connectivity index (χ1) is 15.6. The first-order valence-corrected chi connectivity index (χ1v) is 11.0. The number of halogens is 2. The van der Waals surface area contributed by atoms with Crippen molar-refractivity contribution in [3.05, 3.63) is 64.1 Å². The molecule has 0 unspecified atom stereocenters. The summed E-state index contributed by atoms with van der Waals surface area (Å²) in [5.41, 5.74) is 7.27. The first kappa shape index (κ1) is 24.2. The molecule has 0 saturated heterocycles. The topological polar surface area (TPSA) is 107 Å². The summed E-state index contributed by atoms with van der Waals surface area (Å²) in [4.78, 5) is 13.6. The van der Waals surface area contributed by atoms with Crippen molar-refractivity contribution < 1.29 is 9.47 Å². The molecule has 0 amide bonds. The lowest BCUT2D eigenvalue weighted by Crippen LogP contribution is -2.16. The summed E-state index contributed by atoms with van der Waals surface area (Å²) < 4.78 is 10.8.